The highest BCUT2D eigenvalue weighted by atomic mass is 32.2. The number of hydrogen-bond acceptors (Lipinski definition) is 5. The molecule has 0 bridgehead atoms. The number of thioether (sulfide) groups is 1. The molecule has 1 heterocycles. The lowest BCUT2D eigenvalue weighted by Crippen LogP contribution is -2.11. The molecule has 0 unspecified atom stereocenters. The SMILES string of the molecule is CCOc1ccc(CNc2nc(SC)ncc2CC)cc1C(F)(F)F. The van der Waals surface area contributed by atoms with Gasteiger partial charge in [0.1, 0.15) is 11.6 Å². The second-order valence-electron chi connectivity index (χ2n) is 5.20. The highest BCUT2D eigenvalue weighted by Gasteiger charge is 2.34. The number of hydrogen-bond donors (Lipinski definition) is 1. The van der Waals surface area contributed by atoms with E-state index in [0.29, 0.717) is 16.5 Å². The molecule has 1 N–H and O–H groups in total. The van der Waals surface area contributed by atoms with Gasteiger partial charge in [-0.05, 0) is 37.3 Å². The lowest BCUT2D eigenvalue weighted by molar-refractivity contribution is -0.138. The Hall–Kier alpha value is -1.96. The van der Waals surface area contributed by atoms with Gasteiger partial charge >= 0.3 is 6.18 Å². The number of aromatic nitrogens is 2. The van der Waals surface area contributed by atoms with Gasteiger partial charge in [0.05, 0.1) is 12.2 Å². The van der Waals surface area contributed by atoms with Crippen molar-refractivity contribution in [3.63, 3.8) is 0 Å². The molecule has 0 fully saturated rings. The molecule has 0 aliphatic heterocycles. The molecule has 0 radical (unpaired) electrons. The molecule has 0 spiro atoms. The zero-order valence-corrected chi connectivity index (χ0v) is 15.1. The van der Waals surface area contributed by atoms with Crippen LogP contribution in [0.5, 0.6) is 5.75 Å². The molecular weight excluding hydrogens is 351 g/mol. The minimum atomic E-state index is -4.46. The summed E-state index contributed by atoms with van der Waals surface area (Å²) in [6.45, 7) is 4.04. The van der Waals surface area contributed by atoms with Crippen LogP contribution in [0.1, 0.15) is 30.5 Å². The van der Waals surface area contributed by atoms with Gasteiger partial charge in [-0.3, -0.25) is 0 Å². The van der Waals surface area contributed by atoms with Gasteiger partial charge in [-0.1, -0.05) is 24.8 Å². The molecule has 8 heteroatoms. The molecule has 2 rings (SSSR count). The van der Waals surface area contributed by atoms with Gasteiger partial charge in [-0.25, -0.2) is 9.97 Å². The maximum atomic E-state index is 13.2. The average molecular weight is 371 g/mol. The van der Waals surface area contributed by atoms with Crippen LogP contribution in [-0.4, -0.2) is 22.8 Å². The second kappa shape index (κ2) is 8.42. The number of nitrogens with one attached hydrogen (secondary N) is 1. The van der Waals surface area contributed by atoms with Crippen molar-refractivity contribution in [3.05, 3.63) is 41.1 Å². The zero-order valence-electron chi connectivity index (χ0n) is 14.3. The van der Waals surface area contributed by atoms with E-state index in [1.807, 2.05) is 13.2 Å². The normalized spacial score (nSPS) is 11.4. The zero-order chi connectivity index (χ0) is 18.4. The van der Waals surface area contributed by atoms with Crippen LogP contribution in [-0.2, 0) is 19.1 Å². The van der Waals surface area contributed by atoms with E-state index < -0.39 is 11.7 Å². The minimum Gasteiger partial charge on any atom is -0.493 e. The van der Waals surface area contributed by atoms with Crippen LogP contribution in [0.25, 0.3) is 0 Å². The van der Waals surface area contributed by atoms with Crippen LogP contribution in [0.4, 0.5) is 19.0 Å². The van der Waals surface area contributed by atoms with Crippen molar-refractivity contribution in [2.45, 2.75) is 38.1 Å². The van der Waals surface area contributed by atoms with E-state index in [2.05, 4.69) is 15.3 Å². The predicted octanol–water partition coefficient (Wildman–Crippen LogP) is 4.79. The first-order valence-corrected chi connectivity index (χ1v) is 9.08. The van der Waals surface area contributed by atoms with Crippen molar-refractivity contribution >= 4 is 17.6 Å². The molecule has 0 aliphatic rings. The topological polar surface area (TPSA) is 47.0 Å². The fourth-order valence-electron chi connectivity index (χ4n) is 2.28. The number of halogens is 3. The third-order valence-corrected chi connectivity index (χ3v) is 4.08. The molecule has 2 aromatic rings. The Labute approximate surface area is 149 Å². The van der Waals surface area contributed by atoms with Crippen LogP contribution in [0.3, 0.4) is 0 Å². The molecule has 1 aromatic heterocycles. The molecule has 1 aromatic carbocycles. The predicted molar refractivity (Wildman–Crippen MR) is 93.1 cm³/mol. The number of alkyl halides is 3. The molecule has 0 atom stereocenters. The van der Waals surface area contributed by atoms with E-state index in [4.69, 9.17) is 4.74 Å². The summed E-state index contributed by atoms with van der Waals surface area (Å²) in [4.78, 5) is 8.60. The third-order valence-electron chi connectivity index (χ3n) is 3.52. The summed E-state index contributed by atoms with van der Waals surface area (Å²) in [6.07, 6.45) is -0.128. The largest absolute Gasteiger partial charge is 0.493 e. The van der Waals surface area contributed by atoms with Crippen molar-refractivity contribution in [3.8, 4) is 5.75 Å². The third kappa shape index (κ3) is 5.01. The van der Waals surface area contributed by atoms with E-state index in [1.54, 1.807) is 19.2 Å². The van der Waals surface area contributed by atoms with Crippen LogP contribution in [0.15, 0.2) is 29.6 Å². The van der Waals surface area contributed by atoms with E-state index in [1.165, 1.54) is 17.8 Å². The van der Waals surface area contributed by atoms with Crippen molar-refractivity contribution in [2.75, 3.05) is 18.2 Å². The number of nitrogens with zero attached hydrogens (tertiary/aromatic N) is 2. The summed E-state index contributed by atoms with van der Waals surface area (Å²) in [6, 6.07) is 4.09. The molecule has 0 aliphatic carbocycles. The summed E-state index contributed by atoms with van der Waals surface area (Å²) in [7, 11) is 0. The van der Waals surface area contributed by atoms with E-state index in [9.17, 15) is 13.2 Å². The lowest BCUT2D eigenvalue weighted by atomic mass is 10.1. The van der Waals surface area contributed by atoms with E-state index >= 15 is 0 Å². The summed E-state index contributed by atoms with van der Waals surface area (Å²) in [5, 5.41) is 3.73. The molecule has 0 saturated carbocycles. The summed E-state index contributed by atoms with van der Waals surface area (Å²) < 4.78 is 44.7. The fraction of sp³-hybridized carbons (Fsp3) is 0.412. The quantitative estimate of drug-likeness (QED) is 0.560. The van der Waals surface area contributed by atoms with Crippen LogP contribution in [0.2, 0.25) is 0 Å². The van der Waals surface area contributed by atoms with E-state index in [-0.39, 0.29) is 18.9 Å². The molecular formula is C17H20F3N3OS. The number of aryl methyl sites for hydroxylation is 1. The Morgan fingerprint density at radius 3 is 2.60 bits per heavy atom. The van der Waals surface area contributed by atoms with Gasteiger partial charge < -0.3 is 10.1 Å². The second-order valence-corrected chi connectivity index (χ2v) is 5.97. The minimum absolute atomic E-state index is 0.153. The lowest BCUT2D eigenvalue weighted by Gasteiger charge is -2.15. The Morgan fingerprint density at radius 1 is 1.24 bits per heavy atom. The van der Waals surface area contributed by atoms with Crippen molar-refractivity contribution in [1.29, 1.82) is 0 Å². The van der Waals surface area contributed by atoms with Gasteiger partial charge in [-0.2, -0.15) is 13.2 Å². The highest BCUT2D eigenvalue weighted by molar-refractivity contribution is 7.98. The number of anilines is 1. The first-order chi connectivity index (χ1) is 11.9. The fourth-order valence-corrected chi connectivity index (χ4v) is 2.62. The number of benzene rings is 1. The van der Waals surface area contributed by atoms with E-state index in [0.717, 1.165) is 18.1 Å². The molecule has 0 saturated heterocycles. The Morgan fingerprint density at radius 2 is 2.00 bits per heavy atom. The number of ether oxygens (including phenoxy) is 1. The Balaban J connectivity index is 2.24. The highest BCUT2D eigenvalue weighted by Crippen LogP contribution is 2.37. The van der Waals surface area contributed by atoms with Crippen LogP contribution < -0.4 is 10.1 Å². The first kappa shape index (κ1) is 19.4. The van der Waals surface area contributed by atoms with Crippen molar-refractivity contribution < 1.29 is 17.9 Å². The van der Waals surface area contributed by atoms with Gasteiger partial charge in [0.25, 0.3) is 0 Å². The molecule has 25 heavy (non-hydrogen) atoms. The smallest absolute Gasteiger partial charge is 0.419 e. The van der Waals surface area contributed by atoms with Crippen LogP contribution >= 0.6 is 11.8 Å². The van der Waals surface area contributed by atoms with Gasteiger partial charge in [0.15, 0.2) is 5.16 Å². The molecule has 4 nitrogen and oxygen atoms in total. The summed E-state index contributed by atoms with van der Waals surface area (Å²) >= 11 is 1.41. The number of rotatable bonds is 7. The van der Waals surface area contributed by atoms with Gasteiger partial charge in [-0.15, -0.1) is 0 Å². The monoisotopic (exact) mass is 371 g/mol. The van der Waals surface area contributed by atoms with Crippen molar-refractivity contribution in [1.82, 2.24) is 9.97 Å². The van der Waals surface area contributed by atoms with Crippen molar-refractivity contribution in [2.24, 2.45) is 0 Å². The molecule has 0 amide bonds. The average Bonchev–Trinajstić information content (AvgIpc) is 2.59. The summed E-state index contributed by atoms with van der Waals surface area (Å²) in [5.41, 5.74) is 0.652. The maximum absolute atomic E-state index is 13.2. The molecule has 136 valence electrons. The van der Waals surface area contributed by atoms with Gasteiger partial charge in [0.2, 0.25) is 0 Å². The Kier molecular flexibility index (Phi) is 6.52. The summed E-state index contributed by atoms with van der Waals surface area (Å²) in [5.74, 6) is 0.490. The Bertz CT molecular complexity index is 723. The van der Waals surface area contributed by atoms with Gasteiger partial charge in [0, 0.05) is 18.3 Å². The van der Waals surface area contributed by atoms with Crippen LogP contribution in [0, 0.1) is 0 Å². The standard InChI is InChI=1S/C17H20F3N3OS/c1-4-12-10-22-16(25-3)23-15(12)21-9-11-6-7-14(24-5-2)13(8-11)17(18,19)20/h6-8,10H,4-5,9H2,1-3H3,(H,21,22,23). The maximum Gasteiger partial charge on any atom is 0.419 e. The first-order valence-electron chi connectivity index (χ1n) is 7.85.